The van der Waals surface area contributed by atoms with Gasteiger partial charge in [-0.1, -0.05) is 6.58 Å². The van der Waals surface area contributed by atoms with Crippen LogP contribution in [0.2, 0.25) is 0 Å². The van der Waals surface area contributed by atoms with E-state index in [1.807, 2.05) is 13.8 Å². The molecule has 1 heterocycles. The molecule has 1 aromatic heterocycles. The lowest BCUT2D eigenvalue weighted by Gasteiger charge is -2.10. The largest absolute Gasteiger partial charge is 0.478 e. The van der Waals surface area contributed by atoms with Crippen LogP contribution in [0.4, 0.5) is 0 Å². The summed E-state index contributed by atoms with van der Waals surface area (Å²) in [5.41, 5.74) is 0.633. The zero-order valence-electron chi connectivity index (χ0n) is 7.69. The van der Waals surface area contributed by atoms with E-state index < -0.39 is 5.97 Å². The first kappa shape index (κ1) is 9.51. The molecule has 0 unspecified atom stereocenters. The lowest BCUT2D eigenvalue weighted by molar-refractivity contribution is -0.130. The minimum Gasteiger partial charge on any atom is -0.478 e. The van der Waals surface area contributed by atoms with Crippen LogP contribution in [0, 0.1) is 0 Å². The van der Waals surface area contributed by atoms with Crippen LogP contribution in [0.3, 0.4) is 0 Å². The molecule has 0 atom stereocenters. The van der Waals surface area contributed by atoms with Crippen LogP contribution in [0.15, 0.2) is 18.8 Å². The molecule has 0 aliphatic heterocycles. The van der Waals surface area contributed by atoms with Gasteiger partial charge in [0.15, 0.2) is 0 Å². The van der Waals surface area contributed by atoms with Gasteiger partial charge in [-0.3, -0.25) is 4.68 Å². The Bertz CT molecular complexity index is 339. The molecule has 0 saturated carbocycles. The van der Waals surface area contributed by atoms with Gasteiger partial charge in [0.05, 0.1) is 11.3 Å². The highest BCUT2D eigenvalue weighted by Crippen LogP contribution is 2.15. The minimum absolute atomic E-state index is 0.0752. The van der Waals surface area contributed by atoms with E-state index in [4.69, 9.17) is 5.11 Å². The predicted octanol–water partition coefficient (Wildman–Crippen LogP) is 1.56. The van der Waals surface area contributed by atoms with Crippen LogP contribution in [-0.2, 0) is 4.79 Å². The van der Waals surface area contributed by atoms with Gasteiger partial charge in [0.2, 0.25) is 0 Å². The molecule has 1 rings (SSSR count). The van der Waals surface area contributed by atoms with Crippen molar-refractivity contribution in [2.24, 2.45) is 0 Å². The molecule has 0 bridgehead atoms. The van der Waals surface area contributed by atoms with Crippen molar-refractivity contribution in [3.05, 3.63) is 24.5 Å². The van der Waals surface area contributed by atoms with Crippen LogP contribution in [-0.4, -0.2) is 20.9 Å². The van der Waals surface area contributed by atoms with Crippen LogP contribution in [0.5, 0.6) is 0 Å². The first-order valence-electron chi connectivity index (χ1n) is 4.00. The fourth-order valence-electron chi connectivity index (χ4n) is 1.07. The van der Waals surface area contributed by atoms with E-state index in [1.54, 1.807) is 16.9 Å². The lowest BCUT2D eigenvalue weighted by Crippen LogP contribution is -2.10. The SMILES string of the molecule is C=C(C(=O)O)c1ccnn1C(C)C. The van der Waals surface area contributed by atoms with Gasteiger partial charge in [0, 0.05) is 12.2 Å². The first-order chi connectivity index (χ1) is 6.04. The third kappa shape index (κ3) is 1.77. The van der Waals surface area contributed by atoms with Crippen molar-refractivity contribution in [1.82, 2.24) is 9.78 Å². The van der Waals surface area contributed by atoms with Gasteiger partial charge in [0.1, 0.15) is 0 Å². The average molecular weight is 180 g/mol. The first-order valence-corrected chi connectivity index (χ1v) is 4.00. The monoisotopic (exact) mass is 180 g/mol. The maximum Gasteiger partial charge on any atom is 0.337 e. The molecule has 0 aliphatic rings. The second kappa shape index (κ2) is 3.43. The molecule has 0 spiro atoms. The average Bonchev–Trinajstić information content (AvgIpc) is 2.50. The van der Waals surface area contributed by atoms with Crippen molar-refractivity contribution in [2.75, 3.05) is 0 Å². The number of carbonyl (C=O) groups is 1. The van der Waals surface area contributed by atoms with Gasteiger partial charge in [-0.2, -0.15) is 5.10 Å². The smallest absolute Gasteiger partial charge is 0.337 e. The number of carboxylic acid groups (broad SMARTS) is 1. The second-order valence-electron chi connectivity index (χ2n) is 3.04. The van der Waals surface area contributed by atoms with E-state index >= 15 is 0 Å². The summed E-state index contributed by atoms with van der Waals surface area (Å²) >= 11 is 0. The summed E-state index contributed by atoms with van der Waals surface area (Å²) in [7, 11) is 0. The van der Waals surface area contributed by atoms with Crippen molar-refractivity contribution in [2.45, 2.75) is 19.9 Å². The molecule has 0 aliphatic carbocycles. The van der Waals surface area contributed by atoms with E-state index in [9.17, 15) is 4.79 Å². The summed E-state index contributed by atoms with van der Waals surface area (Å²) in [5.74, 6) is -1.01. The standard InChI is InChI=1S/C9H12N2O2/c1-6(2)11-8(4-5-10-11)7(3)9(12)13/h4-6H,3H2,1-2H3,(H,12,13). The molecular formula is C9H12N2O2. The van der Waals surface area contributed by atoms with Gasteiger partial charge < -0.3 is 5.11 Å². The number of aromatic nitrogens is 2. The summed E-state index contributed by atoms with van der Waals surface area (Å²) in [6.07, 6.45) is 1.57. The molecule has 0 amide bonds. The summed E-state index contributed by atoms with van der Waals surface area (Å²) < 4.78 is 1.64. The summed E-state index contributed by atoms with van der Waals surface area (Å²) in [6.45, 7) is 7.35. The van der Waals surface area contributed by atoms with Crippen molar-refractivity contribution < 1.29 is 9.90 Å². The number of carboxylic acids is 1. The van der Waals surface area contributed by atoms with Crippen LogP contribution in [0.1, 0.15) is 25.6 Å². The molecule has 4 heteroatoms. The van der Waals surface area contributed by atoms with E-state index in [2.05, 4.69) is 11.7 Å². The van der Waals surface area contributed by atoms with Crippen LogP contribution < -0.4 is 0 Å². The Morgan fingerprint density at radius 2 is 2.31 bits per heavy atom. The zero-order valence-corrected chi connectivity index (χ0v) is 7.69. The molecular weight excluding hydrogens is 168 g/mol. The maximum atomic E-state index is 10.6. The summed E-state index contributed by atoms with van der Waals surface area (Å²) in [5, 5.41) is 12.7. The van der Waals surface area contributed by atoms with Crippen molar-refractivity contribution in [1.29, 1.82) is 0 Å². The summed E-state index contributed by atoms with van der Waals surface area (Å²) in [6, 6.07) is 1.79. The van der Waals surface area contributed by atoms with Crippen LogP contribution >= 0.6 is 0 Å². The topological polar surface area (TPSA) is 55.1 Å². The Hall–Kier alpha value is -1.58. The van der Waals surface area contributed by atoms with Gasteiger partial charge in [-0.15, -0.1) is 0 Å². The van der Waals surface area contributed by atoms with Crippen molar-refractivity contribution in [3.63, 3.8) is 0 Å². The Morgan fingerprint density at radius 1 is 1.69 bits per heavy atom. The van der Waals surface area contributed by atoms with Crippen molar-refractivity contribution in [3.8, 4) is 0 Å². The van der Waals surface area contributed by atoms with E-state index in [0.29, 0.717) is 5.69 Å². The summed E-state index contributed by atoms with van der Waals surface area (Å²) in [4.78, 5) is 10.6. The second-order valence-corrected chi connectivity index (χ2v) is 3.04. The zero-order chi connectivity index (χ0) is 10.0. The third-order valence-corrected chi connectivity index (χ3v) is 1.73. The maximum absolute atomic E-state index is 10.6. The third-order valence-electron chi connectivity index (χ3n) is 1.73. The highest BCUT2D eigenvalue weighted by molar-refractivity contribution is 6.13. The highest BCUT2D eigenvalue weighted by Gasteiger charge is 2.13. The van der Waals surface area contributed by atoms with Crippen molar-refractivity contribution >= 4 is 11.5 Å². The number of hydrogen-bond acceptors (Lipinski definition) is 2. The Labute approximate surface area is 76.5 Å². The number of nitrogens with zero attached hydrogens (tertiary/aromatic N) is 2. The molecule has 0 aromatic carbocycles. The minimum atomic E-state index is -1.01. The van der Waals surface area contributed by atoms with Gasteiger partial charge in [0.25, 0.3) is 0 Å². The fourth-order valence-corrected chi connectivity index (χ4v) is 1.07. The predicted molar refractivity (Wildman–Crippen MR) is 49.3 cm³/mol. The highest BCUT2D eigenvalue weighted by atomic mass is 16.4. The van der Waals surface area contributed by atoms with Crippen LogP contribution in [0.25, 0.3) is 5.57 Å². The molecule has 13 heavy (non-hydrogen) atoms. The quantitative estimate of drug-likeness (QED) is 0.718. The number of rotatable bonds is 3. The van der Waals surface area contributed by atoms with Gasteiger partial charge in [-0.05, 0) is 19.9 Å². The Morgan fingerprint density at radius 3 is 2.77 bits per heavy atom. The van der Waals surface area contributed by atoms with E-state index in [0.717, 1.165) is 0 Å². The molecule has 0 fully saturated rings. The van der Waals surface area contributed by atoms with Gasteiger partial charge >= 0.3 is 5.97 Å². The van der Waals surface area contributed by atoms with E-state index in [1.165, 1.54) is 0 Å². The molecule has 0 radical (unpaired) electrons. The normalized spacial score (nSPS) is 10.4. The molecule has 1 N–H and O–H groups in total. The Balaban J connectivity index is 3.07. The number of aliphatic carboxylic acids is 1. The molecule has 4 nitrogen and oxygen atoms in total. The fraction of sp³-hybridized carbons (Fsp3) is 0.333. The lowest BCUT2D eigenvalue weighted by atomic mass is 10.2. The van der Waals surface area contributed by atoms with Gasteiger partial charge in [-0.25, -0.2) is 4.79 Å². The number of hydrogen-bond donors (Lipinski definition) is 1. The molecule has 70 valence electrons. The van der Waals surface area contributed by atoms with E-state index in [-0.39, 0.29) is 11.6 Å². The molecule has 1 aromatic rings. The molecule has 0 saturated heterocycles. The Kier molecular flexibility index (Phi) is 2.51.